The van der Waals surface area contributed by atoms with Crippen molar-refractivity contribution in [1.29, 1.82) is 0 Å². The first-order valence-corrected chi connectivity index (χ1v) is 10.4. The molecule has 0 unspecified atom stereocenters. The van der Waals surface area contributed by atoms with Crippen molar-refractivity contribution >= 4 is 40.9 Å². The summed E-state index contributed by atoms with van der Waals surface area (Å²) in [5.74, 6) is -3.58. The molecule has 30 heavy (non-hydrogen) atoms. The number of hydrogen-bond acceptors (Lipinski definition) is 6. The Morgan fingerprint density at radius 2 is 1.97 bits per heavy atom. The molecule has 0 radical (unpaired) electrons. The Morgan fingerprint density at radius 1 is 1.27 bits per heavy atom. The largest absolute Gasteiger partial charge is 0.468 e. The highest BCUT2D eigenvalue weighted by Crippen LogP contribution is 2.47. The number of ether oxygens (including phenoxy) is 2. The number of hydrogen-bond donors (Lipinski definition) is 1. The van der Waals surface area contributed by atoms with Gasteiger partial charge in [-0.3, -0.25) is 9.59 Å². The number of allylic oxidation sites excluding steroid dienone is 3. The molecular weight excluding hydrogens is 429 g/mol. The minimum absolute atomic E-state index is 0.174. The smallest absolute Gasteiger partial charge is 0.336 e. The first-order chi connectivity index (χ1) is 14.2. The zero-order valence-corrected chi connectivity index (χ0v) is 18.7. The van der Waals surface area contributed by atoms with Gasteiger partial charge in [-0.15, -0.1) is 0 Å². The summed E-state index contributed by atoms with van der Waals surface area (Å²) < 4.78 is 10.1. The lowest BCUT2D eigenvalue weighted by Crippen LogP contribution is -2.43. The third-order valence-electron chi connectivity index (χ3n) is 5.53. The molecule has 1 heterocycles. The van der Waals surface area contributed by atoms with E-state index in [4.69, 9.17) is 32.7 Å². The SMILES string of the molecule is CCOC(=O)C1=C(C)NC2=C(C(=O)[C@H](C(=O)OC)[C@@H](C)C2)[C@@H]1c1cccc(Cl)c1Cl. The predicted octanol–water partition coefficient (Wildman–Crippen LogP) is 4.17. The van der Waals surface area contributed by atoms with Gasteiger partial charge in [-0.2, -0.15) is 0 Å². The van der Waals surface area contributed by atoms with Gasteiger partial charge in [-0.25, -0.2) is 4.79 Å². The van der Waals surface area contributed by atoms with Crippen LogP contribution >= 0.6 is 23.2 Å². The second-order valence-corrected chi connectivity index (χ2v) is 8.18. The number of halogens is 2. The van der Waals surface area contributed by atoms with Crippen molar-refractivity contribution in [3.8, 4) is 0 Å². The lowest BCUT2D eigenvalue weighted by atomic mass is 9.69. The average molecular weight is 452 g/mol. The van der Waals surface area contributed by atoms with Gasteiger partial charge < -0.3 is 14.8 Å². The zero-order valence-electron chi connectivity index (χ0n) is 17.2. The van der Waals surface area contributed by atoms with Crippen molar-refractivity contribution in [2.24, 2.45) is 11.8 Å². The molecule has 0 bridgehead atoms. The van der Waals surface area contributed by atoms with E-state index in [9.17, 15) is 14.4 Å². The molecule has 1 aliphatic carbocycles. The predicted molar refractivity (Wildman–Crippen MR) is 113 cm³/mol. The Hall–Kier alpha value is -2.31. The first kappa shape index (κ1) is 22.4. The van der Waals surface area contributed by atoms with E-state index in [-0.39, 0.29) is 23.1 Å². The molecule has 0 saturated heterocycles. The van der Waals surface area contributed by atoms with E-state index in [0.29, 0.717) is 34.0 Å². The number of Topliss-reactive ketones (excluding diaryl/α,β-unsaturated/α-hetero) is 1. The summed E-state index contributed by atoms with van der Waals surface area (Å²) in [4.78, 5) is 38.8. The number of rotatable bonds is 4. The van der Waals surface area contributed by atoms with Crippen LogP contribution in [-0.4, -0.2) is 31.4 Å². The molecule has 8 heteroatoms. The summed E-state index contributed by atoms with van der Waals surface area (Å²) in [6.07, 6.45) is 0.447. The number of ketones is 1. The molecule has 6 nitrogen and oxygen atoms in total. The number of dihydropyridines is 1. The van der Waals surface area contributed by atoms with Crippen molar-refractivity contribution in [2.75, 3.05) is 13.7 Å². The molecule has 3 atom stereocenters. The molecule has 3 rings (SSSR count). The lowest BCUT2D eigenvalue weighted by Gasteiger charge is -2.38. The minimum Gasteiger partial charge on any atom is -0.468 e. The van der Waals surface area contributed by atoms with Crippen LogP contribution in [0.25, 0.3) is 0 Å². The van der Waals surface area contributed by atoms with Crippen LogP contribution in [0.2, 0.25) is 10.0 Å². The third kappa shape index (κ3) is 3.74. The Labute approximate surface area is 185 Å². The molecule has 0 spiro atoms. The second kappa shape index (κ2) is 8.82. The summed E-state index contributed by atoms with van der Waals surface area (Å²) in [7, 11) is 1.25. The fraction of sp³-hybridized carbons (Fsp3) is 0.409. The lowest BCUT2D eigenvalue weighted by molar-refractivity contribution is -0.151. The maximum absolute atomic E-state index is 13.5. The third-order valence-corrected chi connectivity index (χ3v) is 6.36. The topological polar surface area (TPSA) is 81.7 Å². The monoisotopic (exact) mass is 451 g/mol. The molecule has 1 aromatic carbocycles. The molecule has 1 aromatic rings. The van der Waals surface area contributed by atoms with E-state index in [1.807, 2.05) is 6.92 Å². The summed E-state index contributed by atoms with van der Waals surface area (Å²) in [5, 5.41) is 3.74. The highest BCUT2D eigenvalue weighted by molar-refractivity contribution is 6.42. The number of carbonyl (C=O) groups excluding carboxylic acids is 3. The van der Waals surface area contributed by atoms with Gasteiger partial charge in [0.25, 0.3) is 0 Å². The maximum atomic E-state index is 13.5. The number of nitrogens with one attached hydrogen (secondary N) is 1. The Balaban J connectivity index is 2.25. The molecule has 1 aliphatic heterocycles. The molecule has 0 aromatic heterocycles. The van der Waals surface area contributed by atoms with Crippen molar-refractivity contribution in [2.45, 2.75) is 33.1 Å². The van der Waals surface area contributed by atoms with Crippen LogP contribution in [0, 0.1) is 11.8 Å². The summed E-state index contributed by atoms with van der Waals surface area (Å²) in [5.41, 5.74) is 2.34. The van der Waals surface area contributed by atoms with E-state index in [1.54, 1.807) is 32.0 Å². The van der Waals surface area contributed by atoms with Crippen LogP contribution in [0.3, 0.4) is 0 Å². The summed E-state index contributed by atoms with van der Waals surface area (Å²) in [6.45, 7) is 5.46. The fourth-order valence-corrected chi connectivity index (χ4v) is 4.63. The highest BCUT2D eigenvalue weighted by atomic mass is 35.5. The van der Waals surface area contributed by atoms with Crippen LogP contribution in [0.5, 0.6) is 0 Å². The first-order valence-electron chi connectivity index (χ1n) is 9.66. The van der Waals surface area contributed by atoms with Gasteiger partial charge in [0.15, 0.2) is 5.78 Å². The van der Waals surface area contributed by atoms with E-state index in [1.165, 1.54) is 7.11 Å². The molecule has 2 aliphatic rings. The highest BCUT2D eigenvalue weighted by Gasteiger charge is 2.47. The second-order valence-electron chi connectivity index (χ2n) is 7.40. The normalized spacial score (nSPS) is 23.7. The molecule has 1 N–H and O–H groups in total. The maximum Gasteiger partial charge on any atom is 0.336 e. The van der Waals surface area contributed by atoms with Crippen molar-refractivity contribution in [3.63, 3.8) is 0 Å². The van der Waals surface area contributed by atoms with Gasteiger partial charge in [-0.1, -0.05) is 42.3 Å². The van der Waals surface area contributed by atoms with Gasteiger partial charge in [0, 0.05) is 22.9 Å². The Kier molecular flexibility index (Phi) is 6.58. The molecule has 0 saturated carbocycles. The molecular formula is C22H23Cl2NO5. The standard InChI is InChI=1S/C22H23Cl2NO5/c1-5-30-22(28)16-11(3)25-14-9-10(2)15(21(27)29-4)20(26)18(14)17(16)12-7-6-8-13(23)19(12)24/h6-8,10,15,17,25H,5,9H2,1-4H3/t10-,15+,17+/m0/s1. The van der Waals surface area contributed by atoms with Crippen LogP contribution in [0.1, 0.15) is 38.7 Å². The van der Waals surface area contributed by atoms with Gasteiger partial charge in [0.2, 0.25) is 0 Å². The number of esters is 2. The Bertz CT molecular complexity index is 982. The van der Waals surface area contributed by atoms with Gasteiger partial charge in [0.1, 0.15) is 5.92 Å². The number of benzene rings is 1. The van der Waals surface area contributed by atoms with E-state index in [2.05, 4.69) is 5.32 Å². The molecule has 0 fully saturated rings. The summed E-state index contributed by atoms with van der Waals surface area (Å²) in [6, 6.07) is 5.06. The van der Waals surface area contributed by atoms with Crippen molar-refractivity contribution in [1.82, 2.24) is 5.32 Å². The molecule has 0 amide bonds. The van der Waals surface area contributed by atoms with Crippen LogP contribution in [-0.2, 0) is 23.9 Å². The summed E-state index contributed by atoms with van der Waals surface area (Å²) >= 11 is 12.7. The van der Waals surface area contributed by atoms with E-state index in [0.717, 1.165) is 0 Å². The Morgan fingerprint density at radius 3 is 2.60 bits per heavy atom. The van der Waals surface area contributed by atoms with Gasteiger partial charge in [-0.05, 0) is 37.8 Å². The number of methoxy groups -OCH3 is 1. The fourth-order valence-electron chi connectivity index (χ4n) is 4.21. The zero-order chi connectivity index (χ0) is 22.2. The quantitative estimate of drug-likeness (QED) is 0.546. The van der Waals surface area contributed by atoms with E-state index >= 15 is 0 Å². The van der Waals surface area contributed by atoms with Crippen LogP contribution in [0.4, 0.5) is 0 Å². The van der Waals surface area contributed by atoms with Crippen LogP contribution in [0.15, 0.2) is 40.7 Å². The minimum atomic E-state index is -0.960. The van der Waals surface area contributed by atoms with Gasteiger partial charge >= 0.3 is 11.9 Å². The molecule has 160 valence electrons. The van der Waals surface area contributed by atoms with E-state index < -0.39 is 29.6 Å². The van der Waals surface area contributed by atoms with Crippen LogP contribution < -0.4 is 5.32 Å². The van der Waals surface area contributed by atoms with Crippen molar-refractivity contribution < 1.29 is 23.9 Å². The van der Waals surface area contributed by atoms with Crippen molar-refractivity contribution in [3.05, 3.63) is 56.3 Å². The average Bonchev–Trinajstić information content (AvgIpc) is 2.69. The van der Waals surface area contributed by atoms with Gasteiger partial charge in [0.05, 0.1) is 29.3 Å². The number of carbonyl (C=O) groups is 3.